The van der Waals surface area contributed by atoms with Crippen molar-refractivity contribution in [2.45, 2.75) is 43.2 Å². The van der Waals surface area contributed by atoms with Crippen molar-refractivity contribution >= 4 is 31.3 Å². The third kappa shape index (κ3) is 6.57. The summed E-state index contributed by atoms with van der Waals surface area (Å²) in [5, 5.41) is 11.2. The molecule has 4 rings (SSSR count). The Morgan fingerprint density at radius 1 is 1.32 bits per heavy atom. The van der Waals surface area contributed by atoms with Crippen molar-refractivity contribution in [2.75, 3.05) is 19.8 Å². The zero-order valence-electron chi connectivity index (χ0n) is 19.5. The number of phosphoric acid groups is 1. The maximum absolute atomic E-state index is 13.1. The first kappa shape index (κ1) is 28.6. The van der Waals surface area contributed by atoms with Crippen molar-refractivity contribution in [3.8, 4) is 0 Å². The number of rotatable bonds is 7. The van der Waals surface area contributed by atoms with Crippen molar-refractivity contribution in [1.82, 2.24) is 4.90 Å². The maximum atomic E-state index is 13.1. The molecule has 3 N–H and O–H groups in total. The van der Waals surface area contributed by atoms with Crippen molar-refractivity contribution < 1.29 is 55.5 Å². The molecule has 0 radical (unpaired) electrons. The van der Waals surface area contributed by atoms with E-state index >= 15 is 0 Å². The maximum Gasteiger partial charge on any atom is 0.490 e. The average Bonchev–Trinajstić information content (AvgIpc) is 3.17. The number of hydrogen-bond acceptors (Lipinski definition) is 10. The first-order valence-corrected chi connectivity index (χ1v) is 13.1. The van der Waals surface area contributed by atoms with Crippen LogP contribution in [0.25, 0.3) is 0 Å². The van der Waals surface area contributed by atoms with Crippen molar-refractivity contribution in [3.05, 3.63) is 58.8 Å². The number of aliphatic hydroxyl groups excluding tert-OH is 1. The lowest BCUT2D eigenvalue weighted by molar-refractivity contribution is -0.210. The van der Waals surface area contributed by atoms with E-state index in [9.17, 15) is 32.4 Å². The zero-order chi connectivity index (χ0) is 27.7. The Bertz CT molecular complexity index is 1180. The standard InChI is InChI=1S/C22H23ClF3N2O9P/c23-14-5-1-3-12(9-14)15-6-8-33-38(32,37-15)34-11-16-18(36-21(31)22(24,25)26)17(29)20(35-16)28-7-2-4-13(10-28)19(27)30/h1-5,9-10,15-18,20,29H,6-8,11H2,(H2,27,30)/t15?,16?,17-,18-,20-,38?/m1/s1. The third-order valence-electron chi connectivity index (χ3n) is 5.82. The summed E-state index contributed by atoms with van der Waals surface area (Å²) < 4.78 is 78.1. The number of nitrogens with two attached hydrogens (primary N) is 1. The van der Waals surface area contributed by atoms with Gasteiger partial charge in [-0.1, -0.05) is 35.9 Å². The van der Waals surface area contributed by atoms with E-state index in [-0.39, 0.29) is 18.7 Å². The number of carbonyl (C=O) groups is 2. The van der Waals surface area contributed by atoms with Crippen LogP contribution >= 0.6 is 19.4 Å². The minimum Gasteiger partial charge on any atom is -0.450 e. The molecule has 0 saturated carbocycles. The van der Waals surface area contributed by atoms with Gasteiger partial charge in [0.25, 0.3) is 0 Å². The highest BCUT2D eigenvalue weighted by molar-refractivity contribution is 7.48. The predicted molar refractivity (Wildman–Crippen MR) is 123 cm³/mol. The normalized spacial score (nSPS) is 31.7. The fourth-order valence-corrected chi connectivity index (χ4v) is 5.63. The topological polar surface area (TPSA) is 147 Å². The quantitative estimate of drug-likeness (QED) is 0.363. The zero-order valence-corrected chi connectivity index (χ0v) is 21.1. The van der Waals surface area contributed by atoms with E-state index in [1.54, 1.807) is 24.3 Å². The number of benzene rings is 1. The monoisotopic (exact) mass is 582 g/mol. The molecule has 2 fully saturated rings. The molecule has 0 aromatic heterocycles. The van der Waals surface area contributed by atoms with Gasteiger partial charge in [0, 0.05) is 24.2 Å². The molecule has 0 spiro atoms. The number of nitrogens with zero attached hydrogens (tertiary/aromatic N) is 1. The number of aliphatic hydroxyl groups is 1. The summed E-state index contributed by atoms with van der Waals surface area (Å²) in [6, 6.07) is 6.61. The van der Waals surface area contributed by atoms with E-state index < -0.39 is 63.1 Å². The van der Waals surface area contributed by atoms with Crippen LogP contribution in [0.4, 0.5) is 13.2 Å². The van der Waals surface area contributed by atoms with Gasteiger partial charge < -0.3 is 25.2 Å². The summed E-state index contributed by atoms with van der Waals surface area (Å²) in [5.74, 6) is -3.36. The predicted octanol–water partition coefficient (Wildman–Crippen LogP) is 2.74. The SMILES string of the molecule is NC(=O)C1=CN([C@@H]2OC(COP3(=O)OCCC(c4cccc(Cl)c4)O3)[C@@H](OC(=O)C(F)(F)F)[C@H]2O)CC=C1. The van der Waals surface area contributed by atoms with Gasteiger partial charge in [0.1, 0.15) is 12.2 Å². The molecule has 16 heteroatoms. The van der Waals surface area contributed by atoms with Crippen LogP contribution in [-0.2, 0) is 37.2 Å². The molecule has 208 valence electrons. The van der Waals surface area contributed by atoms with Crippen LogP contribution in [0.1, 0.15) is 18.1 Å². The highest BCUT2D eigenvalue weighted by atomic mass is 35.5. The number of amides is 1. The van der Waals surface area contributed by atoms with Crippen LogP contribution in [0.15, 0.2) is 48.2 Å². The molecule has 1 aromatic rings. The fourth-order valence-electron chi connectivity index (χ4n) is 4.04. The summed E-state index contributed by atoms with van der Waals surface area (Å²) in [7, 11) is -4.26. The number of alkyl halides is 3. The summed E-state index contributed by atoms with van der Waals surface area (Å²) in [5.41, 5.74) is 5.91. The second-order valence-corrected chi connectivity index (χ2v) is 10.5. The number of hydrogen-bond donors (Lipinski definition) is 2. The van der Waals surface area contributed by atoms with Crippen LogP contribution in [-0.4, -0.2) is 72.4 Å². The number of carbonyl (C=O) groups excluding carboxylic acids is 2. The molecular weight excluding hydrogens is 560 g/mol. The Kier molecular flexibility index (Phi) is 8.52. The van der Waals surface area contributed by atoms with Gasteiger partial charge in [-0.3, -0.25) is 18.4 Å². The average molecular weight is 583 g/mol. The summed E-state index contributed by atoms with van der Waals surface area (Å²) in [6.45, 7) is -0.685. The minimum absolute atomic E-state index is 0.0292. The van der Waals surface area contributed by atoms with Gasteiger partial charge in [0.05, 0.1) is 24.9 Å². The number of halogens is 4. The molecule has 6 atom stereocenters. The van der Waals surface area contributed by atoms with Gasteiger partial charge in [0.2, 0.25) is 5.91 Å². The van der Waals surface area contributed by atoms with Crippen LogP contribution in [0, 0.1) is 0 Å². The molecule has 0 bridgehead atoms. The van der Waals surface area contributed by atoms with E-state index in [1.807, 2.05) is 0 Å². The molecule has 3 unspecified atom stereocenters. The number of phosphoric ester groups is 1. The van der Waals surface area contributed by atoms with E-state index in [1.165, 1.54) is 23.3 Å². The molecule has 0 aliphatic carbocycles. The fraction of sp³-hybridized carbons (Fsp3) is 0.455. The highest BCUT2D eigenvalue weighted by Crippen LogP contribution is 2.57. The first-order chi connectivity index (χ1) is 17.9. The molecule has 11 nitrogen and oxygen atoms in total. The summed E-state index contributed by atoms with van der Waals surface area (Å²) in [6.07, 6.45) is -8.19. The van der Waals surface area contributed by atoms with Gasteiger partial charge in [-0.05, 0) is 17.7 Å². The van der Waals surface area contributed by atoms with Crippen LogP contribution in [0.2, 0.25) is 5.02 Å². The van der Waals surface area contributed by atoms with E-state index in [2.05, 4.69) is 4.74 Å². The molecule has 3 heterocycles. The summed E-state index contributed by atoms with van der Waals surface area (Å²) >= 11 is 6.00. The van der Waals surface area contributed by atoms with Gasteiger partial charge in [-0.25, -0.2) is 9.36 Å². The summed E-state index contributed by atoms with van der Waals surface area (Å²) in [4.78, 5) is 24.4. The molecular formula is C22H23ClF3N2O9P. The van der Waals surface area contributed by atoms with Gasteiger partial charge in [-0.2, -0.15) is 13.2 Å². The Hall–Kier alpha value is -2.45. The molecule has 3 aliphatic heterocycles. The lowest BCUT2D eigenvalue weighted by atomic mass is 10.1. The Balaban J connectivity index is 1.50. The van der Waals surface area contributed by atoms with Crippen LogP contribution < -0.4 is 5.73 Å². The number of esters is 1. The Morgan fingerprint density at radius 3 is 2.76 bits per heavy atom. The highest BCUT2D eigenvalue weighted by Gasteiger charge is 2.53. The molecule has 1 aromatic carbocycles. The molecule has 2 saturated heterocycles. The number of primary amides is 1. The lowest BCUT2D eigenvalue weighted by Gasteiger charge is -2.31. The van der Waals surface area contributed by atoms with Crippen molar-refractivity contribution in [1.29, 1.82) is 0 Å². The first-order valence-electron chi connectivity index (χ1n) is 11.2. The lowest BCUT2D eigenvalue weighted by Crippen LogP contribution is -2.45. The van der Waals surface area contributed by atoms with E-state index in [0.717, 1.165) is 0 Å². The smallest absolute Gasteiger partial charge is 0.450 e. The van der Waals surface area contributed by atoms with E-state index in [4.69, 9.17) is 35.6 Å². The third-order valence-corrected chi connectivity index (χ3v) is 7.53. The second-order valence-electron chi connectivity index (χ2n) is 8.49. The van der Waals surface area contributed by atoms with Gasteiger partial charge in [-0.15, -0.1) is 0 Å². The van der Waals surface area contributed by atoms with Gasteiger partial charge >= 0.3 is 20.0 Å². The van der Waals surface area contributed by atoms with Crippen LogP contribution in [0.3, 0.4) is 0 Å². The van der Waals surface area contributed by atoms with E-state index in [0.29, 0.717) is 17.0 Å². The molecule has 3 aliphatic rings. The van der Waals surface area contributed by atoms with Gasteiger partial charge in [0.15, 0.2) is 12.3 Å². The molecule has 1 amide bonds. The van der Waals surface area contributed by atoms with Crippen molar-refractivity contribution in [2.24, 2.45) is 5.73 Å². The largest absolute Gasteiger partial charge is 0.490 e. The Labute approximate surface area is 219 Å². The minimum atomic E-state index is -5.36. The molecule has 38 heavy (non-hydrogen) atoms. The van der Waals surface area contributed by atoms with Crippen LogP contribution in [0.5, 0.6) is 0 Å². The van der Waals surface area contributed by atoms with Crippen molar-refractivity contribution in [3.63, 3.8) is 0 Å². The number of ether oxygens (including phenoxy) is 2. The second kappa shape index (κ2) is 11.3. The Morgan fingerprint density at radius 2 is 2.08 bits per heavy atom.